The van der Waals surface area contributed by atoms with Crippen LogP contribution in [0, 0.1) is 0 Å². The lowest BCUT2D eigenvalue weighted by atomic mass is 10.1. The van der Waals surface area contributed by atoms with Crippen LogP contribution < -0.4 is 5.32 Å². The summed E-state index contributed by atoms with van der Waals surface area (Å²) in [7, 11) is 2.00. The SMILES string of the molecule is C=CCCCCCSc1cccc(C(C)NC)c1. The van der Waals surface area contributed by atoms with Crippen molar-refractivity contribution in [2.24, 2.45) is 0 Å². The quantitative estimate of drug-likeness (QED) is 0.390. The molecule has 1 rings (SSSR count). The Labute approximate surface area is 116 Å². The first-order valence-electron chi connectivity index (χ1n) is 6.79. The maximum absolute atomic E-state index is 3.75. The highest BCUT2D eigenvalue weighted by Gasteiger charge is 2.03. The molecule has 0 fully saturated rings. The molecule has 0 aliphatic heterocycles. The zero-order valence-corrected chi connectivity index (χ0v) is 12.4. The fourth-order valence-electron chi connectivity index (χ4n) is 1.80. The summed E-state index contributed by atoms with van der Waals surface area (Å²) in [4.78, 5) is 1.39. The zero-order valence-electron chi connectivity index (χ0n) is 11.6. The Morgan fingerprint density at radius 3 is 2.89 bits per heavy atom. The molecule has 0 saturated carbocycles. The summed E-state index contributed by atoms with van der Waals surface area (Å²) in [6.45, 7) is 5.94. The third-order valence-electron chi connectivity index (χ3n) is 3.11. The molecule has 0 bridgehead atoms. The van der Waals surface area contributed by atoms with Gasteiger partial charge < -0.3 is 5.32 Å². The van der Waals surface area contributed by atoms with Gasteiger partial charge in [-0.15, -0.1) is 18.3 Å². The maximum atomic E-state index is 3.75. The van der Waals surface area contributed by atoms with Crippen LogP contribution in [0.2, 0.25) is 0 Å². The summed E-state index contributed by atoms with van der Waals surface area (Å²) in [6, 6.07) is 9.28. The number of allylic oxidation sites excluding steroid dienone is 1. The molecule has 0 aliphatic carbocycles. The van der Waals surface area contributed by atoms with E-state index in [9.17, 15) is 0 Å². The van der Waals surface area contributed by atoms with Crippen LogP contribution in [0.15, 0.2) is 41.8 Å². The van der Waals surface area contributed by atoms with E-state index in [2.05, 4.69) is 43.1 Å². The van der Waals surface area contributed by atoms with Crippen LogP contribution in [-0.2, 0) is 0 Å². The molecule has 2 heteroatoms. The van der Waals surface area contributed by atoms with Gasteiger partial charge in [0.2, 0.25) is 0 Å². The number of hydrogen-bond donors (Lipinski definition) is 1. The predicted octanol–water partition coefficient (Wildman–Crippen LogP) is 4.81. The number of thioether (sulfide) groups is 1. The molecule has 1 unspecified atom stereocenters. The minimum atomic E-state index is 0.429. The fraction of sp³-hybridized carbons (Fsp3) is 0.500. The van der Waals surface area contributed by atoms with Crippen LogP contribution in [0.1, 0.15) is 44.2 Å². The molecule has 0 saturated heterocycles. The Balaban J connectivity index is 2.31. The van der Waals surface area contributed by atoms with Crippen LogP contribution >= 0.6 is 11.8 Å². The molecule has 18 heavy (non-hydrogen) atoms. The van der Waals surface area contributed by atoms with E-state index >= 15 is 0 Å². The summed E-state index contributed by atoms with van der Waals surface area (Å²) < 4.78 is 0. The Bertz CT molecular complexity index is 349. The highest BCUT2D eigenvalue weighted by Crippen LogP contribution is 2.23. The molecule has 1 N–H and O–H groups in total. The van der Waals surface area contributed by atoms with Gasteiger partial charge in [-0.1, -0.05) is 24.6 Å². The monoisotopic (exact) mass is 263 g/mol. The van der Waals surface area contributed by atoms with Crippen molar-refractivity contribution in [2.75, 3.05) is 12.8 Å². The minimum absolute atomic E-state index is 0.429. The van der Waals surface area contributed by atoms with Crippen molar-refractivity contribution in [1.29, 1.82) is 0 Å². The zero-order chi connectivity index (χ0) is 13.2. The van der Waals surface area contributed by atoms with E-state index in [0.29, 0.717) is 6.04 Å². The van der Waals surface area contributed by atoms with Gasteiger partial charge in [-0.3, -0.25) is 0 Å². The number of benzene rings is 1. The normalized spacial score (nSPS) is 12.3. The first-order valence-corrected chi connectivity index (χ1v) is 7.77. The molecule has 0 radical (unpaired) electrons. The van der Waals surface area contributed by atoms with E-state index in [0.717, 1.165) is 6.42 Å². The molecular formula is C16H25NS. The summed E-state index contributed by atoms with van der Waals surface area (Å²) in [6.07, 6.45) is 7.05. The van der Waals surface area contributed by atoms with Gasteiger partial charge in [0.15, 0.2) is 0 Å². The lowest BCUT2D eigenvalue weighted by Gasteiger charge is -2.11. The van der Waals surface area contributed by atoms with Crippen molar-refractivity contribution in [3.05, 3.63) is 42.5 Å². The Morgan fingerprint density at radius 1 is 1.33 bits per heavy atom. The van der Waals surface area contributed by atoms with E-state index in [1.807, 2.05) is 24.9 Å². The van der Waals surface area contributed by atoms with E-state index in [1.54, 1.807) is 0 Å². The third kappa shape index (κ3) is 5.74. The van der Waals surface area contributed by atoms with Crippen molar-refractivity contribution in [3.8, 4) is 0 Å². The Hall–Kier alpha value is -0.730. The third-order valence-corrected chi connectivity index (χ3v) is 4.19. The molecule has 0 amide bonds. The number of hydrogen-bond acceptors (Lipinski definition) is 2. The molecule has 100 valence electrons. The Morgan fingerprint density at radius 2 is 2.17 bits per heavy atom. The van der Waals surface area contributed by atoms with Crippen LogP contribution in [0.4, 0.5) is 0 Å². The molecule has 1 aromatic carbocycles. The average molecular weight is 263 g/mol. The largest absolute Gasteiger partial charge is 0.313 e. The van der Waals surface area contributed by atoms with Crippen LogP contribution in [0.25, 0.3) is 0 Å². The van der Waals surface area contributed by atoms with Crippen molar-refractivity contribution in [1.82, 2.24) is 5.32 Å². The first kappa shape index (κ1) is 15.3. The lowest BCUT2D eigenvalue weighted by molar-refractivity contribution is 0.651. The summed E-state index contributed by atoms with van der Waals surface area (Å²) in [5, 5.41) is 3.28. The van der Waals surface area contributed by atoms with Crippen molar-refractivity contribution in [3.63, 3.8) is 0 Å². The molecule has 0 spiro atoms. The average Bonchev–Trinajstić information content (AvgIpc) is 2.42. The van der Waals surface area contributed by atoms with E-state index in [-0.39, 0.29) is 0 Å². The second-order valence-corrected chi connectivity index (χ2v) is 5.74. The van der Waals surface area contributed by atoms with Gasteiger partial charge in [-0.25, -0.2) is 0 Å². The van der Waals surface area contributed by atoms with Crippen LogP contribution in [0.3, 0.4) is 0 Å². The van der Waals surface area contributed by atoms with Gasteiger partial charge in [0, 0.05) is 10.9 Å². The van der Waals surface area contributed by atoms with E-state index in [4.69, 9.17) is 0 Å². The maximum Gasteiger partial charge on any atom is 0.0289 e. The number of unbranched alkanes of at least 4 members (excludes halogenated alkanes) is 3. The fourth-order valence-corrected chi connectivity index (χ4v) is 2.78. The summed E-state index contributed by atoms with van der Waals surface area (Å²) >= 11 is 1.97. The minimum Gasteiger partial charge on any atom is -0.313 e. The summed E-state index contributed by atoms with van der Waals surface area (Å²) in [5.74, 6) is 1.22. The van der Waals surface area contributed by atoms with Gasteiger partial charge in [0.25, 0.3) is 0 Å². The smallest absolute Gasteiger partial charge is 0.0289 e. The second-order valence-electron chi connectivity index (χ2n) is 4.57. The van der Waals surface area contributed by atoms with Gasteiger partial charge in [0.05, 0.1) is 0 Å². The molecular weight excluding hydrogens is 238 g/mol. The lowest BCUT2D eigenvalue weighted by Crippen LogP contribution is -2.11. The van der Waals surface area contributed by atoms with Crippen molar-refractivity contribution < 1.29 is 0 Å². The Kier molecular flexibility index (Phi) is 7.86. The molecule has 1 aromatic rings. The summed E-state index contributed by atoms with van der Waals surface area (Å²) in [5.41, 5.74) is 1.37. The van der Waals surface area contributed by atoms with Crippen molar-refractivity contribution >= 4 is 11.8 Å². The molecule has 0 aliphatic rings. The molecule has 1 atom stereocenters. The van der Waals surface area contributed by atoms with Crippen LogP contribution in [0.5, 0.6) is 0 Å². The number of nitrogens with one attached hydrogen (secondary N) is 1. The molecule has 0 aromatic heterocycles. The molecule has 1 nitrogen and oxygen atoms in total. The predicted molar refractivity (Wildman–Crippen MR) is 83.3 cm³/mol. The highest BCUT2D eigenvalue weighted by molar-refractivity contribution is 7.99. The van der Waals surface area contributed by atoms with Gasteiger partial charge in [-0.05, 0) is 56.7 Å². The number of rotatable bonds is 9. The standard InChI is InChI=1S/C16H25NS/c1-4-5-6-7-8-12-18-16-11-9-10-15(13-16)14(2)17-3/h4,9-11,13-14,17H,1,5-8,12H2,2-3H3. The topological polar surface area (TPSA) is 12.0 Å². The van der Waals surface area contributed by atoms with Gasteiger partial charge in [-0.2, -0.15) is 0 Å². The second kappa shape index (κ2) is 9.23. The van der Waals surface area contributed by atoms with E-state index < -0.39 is 0 Å². The van der Waals surface area contributed by atoms with Crippen LogP contribution in [-0.4, -0.2) is 12.8 Å². The van der Waals surface area contributed by atoms with Crippen molar-refractivity contribution in [2.45, 2.75) is 43.5 Å². The molecule has 0 heterocycles. The first-order chi connectivity index (χ1) is 8.77. The van der Waals surface area contributed by atoms with Gasteiger partial charge >= 0.3 is 0 Å². The van der Waals surface area contributed by atoms with E-state index in [1.165, 1.54) is 35.5 Å². The van der Waals surface area contributed by atoms with Gasteiger partial charge in [0.1, 0.15) is 0 Å². The highest BCUT2D eigenvalue weighted by atomic mass is 32.2.